The molecule has 0 radical (unpaired) electrons. The summed E-state index contributed by atoms with van der Waals surface area (Å²) in [6, 6.07) is 12.5. The molecular weight excluding hydrogens is 352 g/mol. The second kappa shape index (κ2) is 8.62. The molecule has 5 nitrogen and oxygen atoms in total. The summed E-state index contributed by atoms with van der Waals surface area (Å²) in [5, 5.41) is 2.55. The third-order valence-electron chi connectivity index (χ3n) is 4.59. The van der Waals surface area contributed by atoms with Crippen molar-refractivity contribution in [1.82, 2.24) is 10.2 Å². The van der Waals surface area contributed by atoms with Crippen molar-refractivity contribution in [2.45, 2.75) is 6.42 Å². The first kappa shape index (κ1) is 18.8. The van der Waals surface area contributed by atoms with Crippen molar-refractivity contribution in [2.75, 3.05) is 37.6 Å². The fourth-order valence-electron chi connectivity index (χ4n) is 3.05. The Kier molecular flexibility index (Phi) is 6.01. The van der Waals surface area contributed by atoms with Crippen LogP contribution in [0.15, 0.2) is 48.5 Å². The van der Waals surface area contributed by atoms with Gasteiger partial charge in [0.1, 0.15) is 11.6 Å². The zero-order valence-corrected chi connectivity index (χ0v) is 14.8. The van der Waals surface area contributed by atoms with E-state index >= 15 is 0 Å². The van der Waals surface area contributed by atoms with Crippen LogP contribution in [0.1, 0.15) is 5.56 Å². The highest BCUT2D eigenvalue weighted by atomic mass is 19.1. The van der Waals surface area contributed by atoms with Crippen LogP contribution in [-0.2, 0) is 16.0 Å². The monoisotopic (exact) mass is 373 g/mol. The molecule has 1 saturated heterocycles. The van der Waals surface area contributed by atoms with Gasteiger partial charge in [-0.05, 0) is 42.3 Å². The van der Waals surface area contributed by atoms with Crippen LogP contribution in [0.4, 0.5) is 14.5 Å². The molecule has 0 saturated carbocycles. The van der Waals surface area contributed by atoms with Gasteiger partial charge in [-0.25, -0.2) is 8.78 Å². The summed E-state index contributed by atoms with van der Waals surface area (Å²) >= 11 is 0. The number of hydrogen-bond acceptors (Lipinski definition) is 3. The van der Waals surface area contributed by atoms with E-state index in [4.69, 9.17) is 0 Å². The summed E-state index contributed by atoms with van der Waals surface area (Å²) in [4.78, 5) is 27.9. The molecule has 0 atom stereocenters. The lowest BCUT2D eigenvalue weighted by molar-refractivity contribution is -0.146. The highest BCUT2D eigenvalue weighted by Crippen LogP contribution is 2.17. The zero-order chi connectivity index (χ0) is 19.2. The number of halogens is 2. The third-order valence-corrected chi connectivity index (χ3v) is 4.59. The number of amides is 2. The first-order valence-electron chi connectivity index (χ1n) is 8.85. The second-order valence-corrected chi connectivity index (χ2v) is 6.35. The lowest BCUT2D eigenvalue weighted by Gasteiger charge is -2.35. The molecule has 2 aromatic rings. The normalized spacial score (nSPS) is 14.1. The van der Waals surface area contributed by atoms with Crippen molar-refractivity contribution in [1.29, 1.82) is 0 Å². The maximum absolute atomic E-state index is 13.5. The number of rotatable bonds is 4. The lowest BCUT2D eigenvalue weighted by atomic mass is 10.1. The van der Waals surface area contributed by atoms with Gasteiger partial charge in [-0.2, -0.15) is 0 Å². The molecule has 0 unspecified atom stereocenters. The average molecular weight is 373 g/mol. The molecule has 27 heavy (non-hydrogen) atoms. The van der Waals surface area contributed by atoms with E-state index < -0.39 is 11.8 Å². The molecule has 2 amide bonds. The second-order valence-electron chi connectivity index (χ2n) is 6.35. The first-order valence-corrected chi connectivity index (χ1v) is 8.85. The van der Waals surface area contributed by atoms with E-state index in [0.29, 0.717) is 38.2 Å². The number of nitrogens with one attached hydrogen (secondary N) is 1. The zero-order valence-electron chi connectivity index (χ0n) is 14.8. The van der Waals surface area contributed by atoms with Crippen LogP contribution in [0.25, 0.3) is 0 Å². The Labute approximate surface area is 156 Å². The Balaban J connectivity index is 1.45. The molecule has 0 aliphatic carbocycles. The summed E-state index contributed by atoms with van der Waals surface area (Å²) in [5.41, 5.74) is 1.39. The molecule has 0 bridgehead atoms. The Morgan fingerprint density at radius 1 is 0.926 bits per heavy atom. The van der Waals surface area contributed by atoms with Gasteiger partial charge in [0.25, 0.3) is 0 Å². The van der Waals surface area contributed by atoms with Gasteiger partial charge in [-0.15, -0.1) is 0 Å². The standard InChI is InChI=1S/C20H21F2N3O2/c21-16-5-7-17(8-6-16)24-11-13-25(14-12-24)20(27)19(26)23-10-9-15-3-1-2-4-18(15)22/h1-8H,9-14H2,(H,23,26). The highest BCUT2D eigenvalue weighted by molar-refractivity contribution is 6.35. The summed E-state index contributed by atoms with van der Waals surface area (Å²) in [5.74, 6) is -1.88. The van der Waals surface area contributed by atoms with Crippen molar-refractivity contribution in [3.8, 4) is 0 Å². The number of carbonyl (C=O) groups excluding carboxylic acids is 2. The summed E-state index contributed by atoms with van der Waals surface area (Å²) in [6.45, 7) is 2.16. The molecule has 1 aliphatic rings. The van der Waals surface area contributed by atoms with Crippen molar-refractivity contribution >= 4 is 17.5 Å². The minimum Gasteiger partial charge on any atom is -0.368 e. The number of piperazine rings is 1. The molecule has 7 heteroatoms. The van der Waals surface area contributed by atoms with Gasteiger partial charge in [0, 0.05) is 38.4 Å². The van der Waals surface area contributed by atoms with Crippen LogP contribution in [0.5, 0.6) is 0 Å². The molecule has 1 fully saturated rings. The van der Waals surface area contributed by atoms with E-state index in [-0.39, 0.29) is 18.2 Å². The van der Waals surface area contributed by atoms with Crippen molar-refractivity contribution in [2.24, 2.45) is 0 Å². The van der Waals surface area contributed by atoms with Crippen molar-refractivity contribution in [3.05, 3.63) is 65.7 Å². The first-order chi connectivity index (χ1) is 13.0. The molecule has 3 rings (SSSR count). The van der Waals surface area contributed by atoms with E-state index in [9.17, 15) is 18.4 Å². The Hall–Kier alpha value is -2.96. The minimum absolute atomic E-state index is 0.195. The number of carbonyl (C=O) groups is 2. The molecule has 1 N–H and O–H groups in total. The molecule has 142 valence electrons. The van der Waals surface area contributed by atoms with Gasteiger partial charge in [-0.3, -0.25) is 9.59 Å². The fourth-order valence-corrected chi connectivity index (χ4v) is 3.05. The number of nitrogens with zero attached hydrogens (tertiary/aromatic N) is 2. The van der Waals surface area contributed by atoms with Gasteiger partial charge in [0.05, 0.1) is 0 Å². The van der Waals surface area contributed by atoms with E-state index in [1.54, 1.807) is 30.3 Å². The Morgan fingerprint density at radius 3 is 2.26 bits per heavy atom. The lowest BCUT2D eigenvalue weighted by Crippen LogP contribution is -2.52. The van der Waals surface area contributed by atoms with Gasteiger partial charge >= 0.3 is 11.8 Å². The number of benzene rings is 2. The smallest absolute Gasteiger partial charge is 0.312 e. The van der Waals surface area contributed by atoms with Crippen molar-refractivity contribution in [3.63, 3.8) is 0 Å². The van der Waals surface area contributed by atoms with Gasteiger partial charge in [0.15, 0.2) is 0 Å². The number of hydrogen-bond donors (Lipinski definition) is 1. The highest BCUT2D eigenvalue weighted by Gasteiger charge is 2.25. The maximum Gasteiger partial charge on any atom is 0.312 e. The maximum atomic E-state index is 13.5. The molecule has 2 aromatic carbocycles. The van der Waals surface area contributed by atoms with Crippen LogP contribution >= 0.6 is 0 Å². The van der Waals surface area contributed by atoms with E-state index in [0.717, 1.165) is 5.69 Å². The summed E-state index contributed by atoms with van der Waals surface area (Å²) in [7, 11) is 0. The predicted octanol–water partition coefficient (Wildman–Crippen LogP) is 1.97. The van der Waals surface area contributed by atoms with Crippen LogP contribution < -0.4 is 10.2 Å². The predicted molar refractivity (Wildman–Crippen MR) is 98.3 cm³/mol. The van der Waals surface area contributed by atoms with Crippen LogP contribution in [0.2, 0.25) is 0 Å². The molecule has 0 aromatic heterocycles. The van der Waals surface area contributed by atoms with Crippen LogP contribution in [0, 0.1) is 11.6 Å². The third kappa shape index (κ3) is 4.81. The topological polar surface area (TPSA) is 52.7 Å². The molecule has 0 spiro atoms. The summed E-state index contributed by atoms with van der Waals surface area (Å²) < 4.78 is 26.6. The quantitative estimate of drug-likeness (QED) is 0.834. The van der Waals surface area contributed by atoms with E-state index in [2.05, 4.69) is 5.32 Å². The minimum atomic E-state index is -0.679. The Morgan fingerprint density at radius 2 is 1.59 bits per heavy atom. The molecular formula is C20H21F2N3O2. The Bertz CT molecular complexity index is 803. The summed E-state index contributed by atoms with van der Waals surface area (Å²) in [6.07, 6.45) is 0.323. The van der Waals surface area contributed by atoms with E-state index in [1.165, 1.54) is 23.1 Å². The van der Waals surface area contributed by atoms with E-state index in [1.807, 2.05) is 4.90 Å². The molecule has 1 heterocycles. The molecule has 1 aliphatic heterocycles. The average Bonchev–Trinajstić information content (AvgIpc) is 2.69. The van der Waals surface area contributed by atoms with Crippen LogP contribution in [0.3, 0.4) is 0 Å². The van der Waals surface area contributed by atoms with Crippen molar-refractivity contribution < 1.29 is 18.4 Å². The fraction of sp³-hybridized carbons (Fsp3) is 0.300. The number of anilines is 1. The van der Waals surface area contributed by atoms with Gasteiger partial charge in [-0.1, -0.05) is 18.2 Å². The largest absolute Gasteiger partial charge is 0.368 e. The van der Waals surface area contributed by atoms with Gasteiger partial charge < -0.3 is 15.1 Å². The SMILES string of the molecule is O=C(NCCc1ccccc1F)C(=O)N1CCN(c2ccc(F)cc2)CC1. The van der Waals surface area contributed by atoms with Crippen LogP contribution in [-0.4, -0.2) is 49.4 Å². The van der Waals surface area contributed by atoms with Gasteiger partial charge in [0.2, 0.25) is 0 Å².